The summed E-state index contributed by atoms with van der Waals surface area (Å²) in [5, 5.41) is 3.37. The first-order valence-electron chi connectivity index (χ1n) is 5.98. The Kier molecular flexibility index (Phi) is 4.07. The summed E-state index contributed by atoms with van der Waals surface area (Å²) in [7, 11) is 0. The molecule has 98 valence electrons. The summed E-state index contributed by atoms with van der Waals surface area (Å²) in [5.41, 5.74) is 7.66. The van der Waals surface area contributed by atoms with Crippen molar-refractivity contribution in [3.05, 3.63) is 64.7 Å². The van der Waals surface area contributed by atoms with Crippen molar-refractivity contribution in [3.63, 3.8) is 0 Å². The second kappa shape index (κ2) is 5.76. The van der Waals surface area contributed by atoms with Gasteiger partial charge in [-0.3, -0.25) is 4.79 Å². The minimum atomic E-state index is -0.189. The van der Waals surface area contributed by atoms with E-state index in [4.69, 9.17) is 17.3 Å². The third kappa shape index (κ3) is 3.48. The number of halogens is 1. The molecule has 0 fully saturated rings. The van der Waals surface area contributed by atoms with E-state index in [0.29, 0.717) is 16.3 Å². The van der Waals surface area contributed by atoms with E-state index in [1.54, 1.807) is 18.2 Å². The molecular formula is C15H15ClN2O. The zero-order valence-corrected chi connectivity index (χ0v) is 11.3. The Morgan fingerprint density at radius 3 is 2.53 bits per heavy atom. The quantitative estimate of drug-likeness (QED) is 0.843. The summed E-state index contributed by atoms with van der Waals surface area (Å²) in [5.74, 6) is -0.189. The van der Waals surface area contributed by atoms with Gasteiger partial charge in [0.25, 0.3) is 5.91 Å². The zero-order valence-electron chi connectivity index (χ0n) is 10.6. The first-order chi connectivity index (χ1) is 9.06. The van der Waals surface area contributed by atoms with Crippen molar-refractivity contribution >= 4 is 23.2 Å². The van der Waals surface area contributed by atoms with Crippen LogP contribution in [-0.4, -0.2) is 5.91 Å². The monoisotopic (exact) mass is 274 g/mol. The molecule has 0 heterocycles. The molecule has 0 aromatic heterocycles. The van der Waals surface area contributed by atoms with E-state index in [1.165, 1.54) is 0 Å². The average molecular weight is 275 g/mol. The molecule has 0 aliphatic carbocycles. The van der Waals surface area contributed by atoms with Crippen LogP contribution in [0.4, 0.5) is 5.69 Å². The summed E-state index contributed by atoms with van der Waals surface area (Å²) in [6, 6.07) is 14.5. The molecule has 19 heavy (non-hydrogen) atoms. The van der Waals surface area contributed by atoms with Gasteiger partial charge in [0, 0.05) is 16.3 Å². The average Bonchev–Trinajstić information content (AvgIpc) is 2.38. The van der Waals surface area contributed by atoms with Crippen molar-refractivity contribution < 1.29 is 4.79 Å². The number of amides is 1. The number of hydrogen-bond donors (Lipinski definition) is 2. The standard InChI is InChI=1S/C15H15ClN2O/c1-10(11-5-3-2-4-6-11)18-15(19)12-7-13(16)9-14(17)8-12/h2-10H,17H2,1H3,(H,18,19)/t10-/m0/s1. The molecule has 2 rings (SSSR count). The van der Waals surface area contributed by atoms with Crippen molar-refractivity contribution in [2.75, 3.05) is 5.73 Å². The first-order valence-corrected chi connectivity index (χ1v) is 6.36. The maximum atomic E-state index is 12.1. The third-order valence-electron chi connectivity index (χ3n) is 2.83. The largest absolute Gasteiger partial charge is 0.399 e. The second-order valence-corrected chi connectivity index (χ2v) is 4.82. The van der Waals surface area contributed by atoms with E-state index in [2.05, 4.69) is 5.32 Å². The van der Waals surface area contributed by atoms with Gasteiger partial charge in [0.1, 0.15) is 0 Å². The van der Waals surface area contributed by atoms with Crippen LogP contribution in [0.5, 0.6) is 0 Å². The molecule has 0 saturated heterocycles. The van der Waals surface area contributed by atoms with Crippen molar-refractivity contribution in [1.29, 1.82) is 0 Å². The van der Waals surface area contributed by atoms with Crippen molar-refractivity contribution in [3.8, 4) is 0 Å². The summed E-state index contributed by atoms with van der Waals surface area (Å²) in [4.78, 5) is 12.1. The molecule has 3 N–H and O–H groups in total. The van der Waals surface area contributed by atoms with Crippen LogP contribution in [0.25, 0.3) is 0 Å². The Labute approximate surface area is 117 Å². The highest BCUT2D eigenvalue weighted by atomic mass is 35.5. The lowest BCUT2D eigenvalue weighted by Gasteiger charge is -2.14. The molecule has 0 unspecified atom stereocenters. The summed E-state index contributed by atoms with van der Waals surface area (Å²) < 4.78 is 0. The minimum absolute atomic E-state index is 0.0751. The van der Waals surface area contributed by atoms with Crippen LogP contribution in [0.2, 0.25) is 5.02 Å². The van der Waals surface area contributed by atoms with Crippen molar-refractivity contribution in [2.24, 2.45) is 0 Å². The van der Waals surface area contributed by atoms with Gasteiger partial charge in [-0.05, 0) is 30.7 Å². The number of nitrogens with one attached hydrogen (secondary N) is 1. The molecule has 1 atom stereocenters. The Balaban J connectivity index is 2.13. The molecular weight excluding hydrogens is 260 g/mol. The highest BCUT2D eigenvalue weighted by Gasteiger charge is 2.12. The van der Waals surface area contributed by atoms with E-state index in [0.717, 1.165) is 5.56 Å². The fraction of sp³-hybridized carbons (Fsp3) is 0.133. The van der Waals surface area contributed by atoms with Crippen LogP contribution in [0, 0.1) is 0 Å². The molecule has 0 spiro atoms. The molecule has 2 aromatic carbocycles. The molecule has 0 radical (unpaired) electrons. The fourth-order valence-electron chi connectivity index (χ4n) is 1.85. The third-order valence-corrected chi connectivity index (χ3v) is 3.05. The molecule has 0 bridgehead atoms. The van der Waals surface area contributed by atoms with Gasteiger partial charge in [-0.25, -0.2) is 0 Å². The van der Waals surface area contributed by atoms with Gasteiger partial charge in [-0.2, -0.15) is 0 Å². The first kappa shape index (κ1) is 13.4. The van der Waals surface area contributed by atoms with E-state index in [1.807, 2.05) is 37.3 Å². The SMILES string of the molecule is C[C@H](NC(=O)c1cc(N)cc(Cl)c1)c1ccccc1. The van der Waals surface area contributed by atoms with Crippen molar-refractivity contribution in [1.82, 2.24) is 5.32 Å². The predicted octanol–water partition coefficient (Wildman–Crippen LogP) is 3.41. The van der Waals surface area contributed by atoms with Gasteiger partial charge in [-0.1, -0.05) is 41.9 Å². The van der Waals surface area contributed by atoms with E-state index >= 15 is 0 Å². The molecule has 0 aliphatic heterocycles. The maximum absolute atomic E-state index is 12.1. The Hall–Kier alpha value is -2.00. The molecule has 2 aromatic rings. The molecule has 1 amide bonds. The van der Waals surface area contributed by atoms with Gasteiger partial charge in [-0.15, -0.1) is 0 Å². The summed E-state index contributed by atoms with van der Waals surface area (Å²) in [6.07, 6.45) is 0. The van der Waals surface area contributed by atoms with Crippen LogP contribution in [0.1, 0.15) is 28.9 Å². The van der Waals surface area contributed by atoms with Crippen LogP contribution >= 0.6 is 11.6 Å². The van der Waals surface area contributed by atoms with Crippen molar-refractivity contribution in [2.45, 2.75) is 13.0 Å². The summed E-state index contributed by atoms with van der Waals surface area (Å²) in [6.45, 7) is 1.93. The second-order valence-electron chi connectivity index (χ2n) is 4.38. The topological polar surface area (TPSA) is 55.1 Å². The number of benzene rings is 2. The van der Waals surface area contributed by atoms with E-state index < -0.39 is 0 Å². The number of nitrogens with two attached hydrogens (primary N) is 1. The smallest absolute Gasteiger partial charge is 0.251 e. The van der Waals surface area contributed by atoms with E-state index in [9.17, 15) is 4.79 Å². The van der Waals surface area contributed by atoms with Gasteiger partial charge in [0.15, 0.2) is 0 Å². The Bertz CT molecular complexity index is 564. The molecule has 4 heteroatoms. The Morgan fingerprint density at radius 1 is 1.21 bits per heavy atom. The normalized spacial score (nSPS) is 11.9. The van der Waals surface area contributed by atoms with Gasteiger partial charge < -0.3 is 11.1 Å². The number of carbonyl (C=O) groups is 1. The van der Waals surface area contributed by atoms with Crippen LogP contribution in [0.3, 0.4) is 0 Å². The highest BCUT2D eigenvalue weighted by molar-refractivity contribution is 6.31. The van der Waals surface area contributed by atoms with Gasteiger partial charge >= 0.3 is 0 Å². The van der Waals surface area contributed by atoms with Gasteiger partial charge in [0.05, 0.1) is 6.04 Å². The number of rotatable bonds is 3. The molecule has 0 saturated carbocycles. The summed E-state index contributed by atoms with van der Waals surface area (Å²) >= 11 is 5.89. The number of carbonyl (C=O) groups excluding carboxylic acids is 1. The highest BCUT2D eigenvalue weighted by Crippen LogP contribution is 2.18. The molecule has 0 aliphatic rings. The van der Waals surface area contributed by atoms with Crippen LogP contribution in [0.15, 0.2) is 48.5 Å². The Morgan fingerprint density at radius 2 is 1.89 bits per heavy atom. The lowest BCUT2D eigenvalue weighted by molar-refractivity contribution is 0.0940. The maximum Gasteiger partial charge on any atom is 0.251 e. The number of hydrogen-bond acceptors (Lipinski definition) is 2. The van der Waals surface area contributed by atoms with E-state index in [-0.39, 0.29) is 11.9 Å². The lowest BCUT2D eigenvalue weighted by atomic mass is 10.1. The minimum Gasteiger partial charge on any atom is -0.399 e. The lowest BCUT2D eigenvalue weighted by Crippen LogP contribution is -2.26. The number of anilines is 1. The molecule has 3 nitrogen and oxygen atoms in total. The zero-order chi connectivity index (χ0) is 13.8. The van der Waals surface area contributed by atoms with Crippen LogP contribution in [-0.2, 0) is 0 Å². The predicted molar refractivity (Wildman–Crippen MR) is 78.2 cm³/mol. The fourth-order valence-corrected chi connectivity index (χ4v) is 2.09. The van der Waals surface area contributed by atoms with Gasteiger partial charge in [0.2, 0.25) is 0 Å². The van der Waals surface area contributed by atoms with Crippen LogP contribution < -0.4 is 11.1 Å². The number of nitrogen functional groups attached to an aromatic ring is 1.